The minimum Gasteiger partial charge on any atom is -0.545 e. The van der Waals surface area contributed by atoms with Crippen LogP contribution >= 0.6 is 0 Å². The first-order chi connectivity index (χ1) is 4.09. The van der Waals surface area contributed by atoms with Crippen molar-refractivity contribution in [3.05, 3.63) is 12.2 Å². The van der Waals surface area contributed by atoms with E-state index in [0.29, 0.717) is 0 Å². The molecule has 0 saturated heterocycles. The van der Waals surface area contributed by atoms with Crippen LogP contribution in [-0.4, -0.2) is 19.0 Å². The maximum atomic E-state index is 10.2. The van der Waals surface area contributed by atoms with Crippen LogP contribution in [0.3, 0.4) is 0 Å². The third-order valence-electron chi connectivity index (χ3n) is 0.678. The summed E-state index contributed by atoms with van der Waals surface area (Å²) >= 11 is 0. The van der Waals surface area contributed by atoms with Crippen LogP contribution in [0.5, 0.6) is 0 Å². The summed E-state index contributed by atoms with van der Waals surface area (Å²) in [5.41, 5.74) is -0.669. The first kappa shape index (κ1) is 12.1. The van der Waals surface area contributed by atoms with Crippen molar-refractivity contribution in [2.45, 2.75) is 0 Å². The number of carboxylic acid groups (broad SMARTS) is 1. The maximum Gasteiger partial charge on any atom is 1.00 e. The molecule has 0 aromatic heterocycles. The second kappa shape index (κ2) is 5.22. The molecule has 0 aromatic rings. The van der Waals surface area contributed by atoms with Crippen molar-refractivity contribution in [2.24, 2.45) is 0 Å². The van der Waals surface area contributed by atoms with Crippen molar-refractivity contribution in [2.75, 3.05) is 7.11 Å². The largest absolute Gasteiger partial charge is 1.00 e. The zero-order valence-electron chi connectivity index (χ0n) is 5.14. The molecule has 0 aromatic carbocycles. The number of hydrogen-bond acceptors (Lipinski definition) is 4. The summed E-state index contributed by atoms with van der Waals surface area (Å²) in [4.78, 5) is 20.0. The molecule has 0 unspecified atom stereocenters. The Morgan fingerprint density at radius 1 is 1.50 bits per heavy atom. The van der Waals surface area contributed by atoms with Crippen molar-refractivity contribution in [1.29, 1.82) is 0 Å². The van der Waals surface area contributed by atoms with Gasteiger partial charge in [0.15, 0.2) is 0 Å². The SMILES string of the molecule is C=C(C(=O)[O-])C(=O)OC.[Ag+]. The molecular weight excluding hydrogens is 232 g/mol. The van der Waals surface area contributed by atoms with Crippen LogP contribution in [-0.2, 0) is 36.7 Å². The summed E-state index contributed by atoms with van der Waals surface area (Å²) in [6.07, 6.45) is 0. The number of rotatable bonds is 2. The number of carbonyl (C=O) groups excluding carboxylic acids is 2. The number of hydrogen-bond donors (Lipinski definition) is 0. The van der Waals surface area contributed by atoms with Crippen molar-refractivity contribution in [3.8, 4) is 0 Å². The summed E-state index contributed by atoms with van der Waals surface area (Å²) < 4.78 is 4.01. The van der Waals surface area contributed by atoms with Crippen LogP contribution in [0.2, 0.25) is 0 Å². The molecule has 0 N–H and O–H groups in total. The van der Waals surface area contributed by atoms with Gasteiger partial charge in [0.05, 0.1) is 18.7 Å². The second-order valence-electron chi connectivity index (χ2n) is 1.26. The summed E-state index contributed by atoms with van der Waals surface area (Å²) in [6.45, 7) is 2.89. The Bertz CT molecular complexity index is 163. The molecule has 0 aliphatic heterocycles. The average Bonchev–Trinajstić information content (AvgIpc) is 1.84. The van der Waals surface area contributed by atoms with Gasteiger partial charge in [-0.25, -0.2) is 4.79 Å². The molecule has 0 radical (unpaired) electrons. The molecule has 0 fully saturated rings. The van der Waals surface area contributed by atoms with Gasteiger partial charge in [-0.05, 0) is 0 Å². The minimum absolute atomic E-state index is 0. The molecule has 60 valence electrons. The zero-order chi connectivity index (χ0) is 7.44. The fourth-order valence-corrected chi connectivity index (χ4v) is 0.207. The first-order valence-corrected chi connectivity index (χ1v) is 2.08. The van der Waals surface area contributed by atoms with Crippen LogP contribution in [0.15, 0.2) is 12.2 Å². The maximum absolute atomic E-state index is 10.2. The van der Waals surface area contributed by atoms with E-state index in [1.165, 1.54) is 0 Å². The monoisotopic (exact) mass is 236 g/mol. The van der Waals surface area contributed by atoms with E-state index in [-0.39, 0.29) is 22.4 Å². The molecular formula is C5H5AgO4. The topological polar surface area (TPSA) is 66.4 Å². The number of methoxy groups -OCH3 is 1. The molecule has 10 heavy (non-hydrogen) atoms. The van der Waals surface area contributed by atoms with Gasteiger partial charge < -0.3 is 14.6 Å². The van der Waals surface area contributed by atoms with Crippen LogP contribution in [0, 0.1) is 0 Å². The van der Waals surface area contributed by atoms with E-state index in [2.05, 4.69) is 11.3 Å². The van der Waals surface area contributed by atoms with E-state index in [1.54, 1.807) is 0 Å². The van der Waals surface area contributed by atoms with Gasteiger partial charge in [-0.15, -0.1) is 0 Å². The summed E-state index contributed by atoms with van der Waals surface area (Å²) in [5, 5.41) is 9.79. The molecule has 0 saturated carbocycles. The smallest absolute Gasteiger partial charge is 0.545 e. The molecule has 0 bridgehead atoms. The van der Waals surface area contributed by atoms with Crippen LogP contribution in [0.1, 0.15) is 0 Å². The Labute approximate surface area is 73.4 Å². The number of ether oxygens (including phenoxy) is 1. The Morgan fingerprint density at radius 3 is 2.00 bits per heavy atom. The molecule has 0 rings (SSSR count). The fourth-order valence-electron chi connectivity index (χ4n) is 0.207. The van der Waals surface area contributed by atoms with Gasteiger partial charge in [0, 0.05) is 0 Å². The standard InChI is InChI=1S/C5H6O4.Ag/c1-3(4(6)7)5(8)9-2;/h1H2,2H3,(H,6,7);/q;+1/p-1. The Hall–Kier alpha value is -0.580. The van der Waals surface area contributed by atoms with Crippen molar-refractivity contribution in [3.63, 3.8) is 0 Å². The third kappa shape index (κ3) is 3.45. The van der Waals surface area contributed by atoms with Crippen LogP contribution in [0.25, 0.3) is 0 Å². The number of esters is 1. The molecule has 0 atom stereocenters. The van der Waals surface area contributed by atoms with E-state index in [1.807, 2.05) is 0 Å². The fraction of sp³-hybridized carbons (Fsp3) is 0.200. The second-order valence-corrected chi connectivity index (χ2v) is 1.26. The Balaban J connectivity index is 0. The van der Waals surface area contributed by atoms with Crippen LogP contribution in [0.4, 0.5) is 0 Å². The Kier molecular flexibility index (Phi) is 6.34. The van der Waals surface area contributed by atoms with Crippen molar-refractivity contribution >= 4 is 11.9 Å². The number of carboxylic acids is 1. The zero-order valence-corrected chi connectivity index (χ0v) is 6.62. The van der Waals surface area contributed by atoms with Gasteiger partial charge in [-0.2, -0.15) is 0 Å². The quantitative estimate of drug-likeness (QED) is 0.192. The van der Waals surface area contributed by atoms with Gasteiger partial charge >= 0.3 is 28.3 Å². The van der Waals surface area contributed by atoms with Crippen LogP contribution < -0.4 is 5.11 Å². The molecule has 5 heteroatoms. The van der Waals surface area contributed by atoms with E-state index < -0.39 is 17.5 Å². The minimum atomic E-state index is -1.61. The van der Waals surface area contributed by atoms with Gasteiger partial charge in [-0.3, -0.25) is 0 Å². The molecule has 0 spiro atoms. The summed E-state index contributed by atoms with van der Waals surface area (Å²) in [7, 11) is 1.07. The predicted octanol–water partition coefficient (Wildman–Crippen LogP) is -1.54. The average molecular weight is 237 g/mol. The van der Waals surface area contributed by atoms with Crippen molar-refractivity contribution < 1.29 is 41.8 Å². The van der Waals surface area contributed by atoms with Gasteiger partial charge in [0.2, 0.25) is 0 Å². The molecule has 0 amide bonds. The van der Waals surface area contributed by atoms with Crippen molar-refractivity contribution in [1.82, 2.24) is 0 Å². The van der Waals surface area contributed by atoms with E-state index in [4.69, 9.17) is 0 Å². The normalized spacial score (nSPS) is 7.30. The summed E-state index contributed by atoms with van der Waals surface area (Å²) in [6, 6.07) is 0. The molecule has 0 aliphatic carbocycles. The number of carbonyl (C=O) groups is 2. The van der Waals surface area contributed by atoms with E-state index in [9.17, 15) is 14.7 Å². The van der Waals surface area contributed by atoms with E-state index >= 15 is 0 Å². The Morgan fingerprint density at radius 2 is 1.90 bits per heavy atom. The number of aliphatic carboxylic acids is 1. The van der Waals surface area contributed by atoms with Gasteiger partial charge in [-0.1, -0.05) is 6.58 Å². The van der Waals surface area contributed by atoms with Gasteiger partial charge in [0.1, 0.15) is 0 Å². The summed E-state index contributed by atoms with van der Waals surface area (Å²) in [5.74, 6) is -2.59. The molecule has 4 nitrogen and oxygen atoms in total. The predicted molar refractivity (Wildman–Crippen MR) is 26.2 cm³/mol. The molecule has 0 heterocycles. The van der Waals surface area contributed by atoms with E-state index in [0.717, 1.165) is 7.11 Å². The molecule has 0 aliphatic rings. The first-order valence-electron chi connectivity index (χ1n) is 2.08. The third-order valence-corrected chi connectivity index (χ3v) is 0.678. The van der Waals surface area contributed by atoms with Gasteiger partial charge in [0.25, 0.3) is 0 Å².